The van der Waals surface area contributed by atoms with Crippen LogP contribution < -0.4 is 5.32 Å². The quantitative estimate of drug-likeness (QED) is 0.909. The molecule has 1 saturated heterocycles. The van der Waals surface area contributed by atoms with E-state index in [9.17, 15) is 9.59 Å². The van der Waals surface area contributed by atoms with E-state index in [1.807, 2.05) is 19.1 Å². The summed E-state index contributed by atoms with van der Waals surface area (Å²) in [6.45, 7) is 3.21. The van der Waals surface area contributed by atoms with Gasteiger partial charge in [-0.25, -0.2) is 9.78 Å². The first-order valence-electron chi connectivity index (χ1n) is 8.08. The van der Waals surface area contributed by atoms with E-state index in [1.165, 1.54) is 16.9 Å². The second-order valence-electron chi connectivity index (χ2n) is 6.44. The van der Waals surface area contributed by atoms with E-state index in [2.05, 4.69) is 16.4 Å². The van der Waals surface area contributed by atoms with E-state index in [1.54, 1.807) is 23.9 Å². The molecule has 1 aliphatic rings. The Labute approximate surface area is 145 Å². The minimum Gasteiger partial charge on any atom is -0.331 e. The fourth-order valence-corrected chi connectivity index (χ4v) is 3.91. The maximum Gasteiger partial charge on any atom is 0.319 e. The van der Waals surface area contributed by atoms with Crippen molar-refractivity contribution in [3.63, 3.8) is 0 Å². The molecule has 1 aromatic carbocycles. The number of carbonyl (C=O) groups excluding carboxylic acids is 2. The lowest BCUT2D eigenvalue weighted by Crippen LogP contribution is -2.47. The number of rotatable bonds is 2. The topological polar surface area (TPSA) is 65.5 Å². The zero-order valence-corrected chi connectivity index (χ0v) is 15.0. The number of nitrogens with zero attached hydrogens (tertiary/aromatic N) is 3. The number of likely N-dealkylation sites (tertiary alicyclic amines) is 1. The molecule has 2 heterocycles. The zero-order valence-electron chi connectivity index (χ0n) is 14.2. The van der Waals surface area contributed by atoms with Gasteiger partial charge in [-0.15, -0.1) is 0 Å². The molecule has 1 atom stereocenters. The number of hydrogen-bond acceptors (Lipinski definition) is 4. The van der Waals surface area contributed by atoms with E-state index in [-0.39, 0.29) is 17.9 Å². The third-order valence-electron chi connectivity index (χ3n) is 4.22. The molecule has 3 amide bonds. The predicted molar refractivity (Wildman–Crippen MR) is 96.4 cm³/mol. The maximum absolute atomic E-state index is 12.6. The summed E-state index contributed by atoms with van der Waals surface area (Å²) in [5.41, 5.74) is 2.07. The van der Waals surface area contributed by atoms with Gasteiger partial charge in [0.2, 0.25) is 5.91 Å². The summed E-state index contributed by atoms with van der Waals surface area (Å²) in [5.74, 6) is -0.238. The number of anilines is 1. The second-order valence-corrected chi connectivity index (χ2v) is 7.47. The van der Waals surface area contributed by atoms with Crippen molar-refractivity contribution in [1.82, 2.24) is 14.8 Å². The van der Waals surface area contributed by atoms with Crippen LogP contribution in [0.15, 0.2) is 18.2 Å². The monoisotopic (exact) mass is 346 g/mol. The Morgan fingerprint density at radius 3 is 2.92 bits per heavy atom. The Kier molecular flexibility index (Phi) is 4.71. The molecular formula is C17H22N4O2S. The van der Waals surface area contributed by atoms with E-state index >= 15 is 0 Å². The molecule has 0 spiro atoms. The molecule has 1 N–H and O–H groups in total. The van der Waals surface area contributed by atoms with Crippen LogP contribution in [0.1, 0.15) is 18.4 Å². The van der Waals surface area contributed by atoms with Crippen molar-refractivity contribution in [2.45, 2.75) is 19.8 Å². The van der Waals surface area contributed by atoms with Gasteiger partial charge in [0, 0.05) is 27.2 Å². The van der Waals surface area contributed by atoms with Gasteiger partial charge in [0.1, 0.15) is 0 Å². The minimum absolute atomic E-state index is 0.0389. The molecule has 1 fully saturated rings. The third kappa shape index (κ3) is 3.51. The second kappa shape index (κ2) is 6.76. The summed E-state index contributed by atoms with van der Waals surface area (Å²) in [6, 6.07) is 6.01. The lowest BCUT2D eigenvalue weighted by Gasteiger charge is -2.33. The van der Waals surface area contributed by atoms with Crippen LogP contribution in [-0.4, -0.2) is 53.9 Å². The van der Waals surface area contributed by atoms with E-state index in [4.69, 9.17) is 0 Å². The Bertz CT molecular complexity index is 771. The lowest BCUT2D eigenvalue weighted by atomic mass is 9.97. The molecule has 24 heavy (non-hydrogen) atoms. The van der Waals surface area contributed by atoms with Crippen LogP contribution in [0, 0.1) is 12.8 Å². The van der Waals surface area contributed by atoms with Crippen LogP contribution in [0.4, 0.5) is 9.93 Å². The molecule has 1 aliphatic heterocycles. The molecule has 7 heteroatoms. The molecule has 128 valence electrons. The summed E-state index contributed by atoms with van der Waals surface area (Å²) in [6.07, 6.45) is 1.64. The smallest absolute Gasteiger partial charge is 0.319 e. The van der Waals surface area contributed by atoms with Crippen molar-refractivity contribution in [3.8, 4) is 0 Å². The third-order valence-corrected chi connectivity index (χ3v) is 5.15. The lowest BCUT2D eigenvalue weighted by molar-refractivity contribution is -0.121. The number of hydrogen-bond donors (Lipinski definition) is 1. The number of carbonyl (C=O) groups is 2. The van der Waals surface area contributed by atoms with Crippen molar-refractivity contribution in [2.24, 2.45) is 5.92 Å². The normalized spacial score (nSPS) is 17.8. The Hall–Kier alpha value is -2.15. The van der Waals surface area contributed by atoms with Crippen molar-refractivity contribution < 1.29 is 9.59 Å². The molecular weight excluding hydrogens is 324 g/mol. The van der Waals surface area contributed by atoms with Crippen LogP contribution in [0.2, 0.25) is 0 Å². The summed E-state index contributed by atoms with van der Waals surface area (Å²) in [5, 5.41) is 3.55. The highest BCUT2D eigenvalue weighted by atomic mass is 32.1. The number of fused-ring (bicyclic) bond motifs is 1. The van der Waals surface area contributed by atoms with Crippen LogP contribution in [0.3, 0.4) is 0 Å². The molecule has 0 radical (unpaired) electrons. The summed E-state index contributed by atoms with van der Waals surface area (Å²) in [4.78, 5) is 32.4. The number of thiazole rings is 1. The largest absolute Gasteiger partial charge is 0.331 e. The standard InChI is InChI=1S/C17H22N4O2S/c1-11-6-7-13-14(9-11)24-16(18-13)19-15(22)12-5-4-8-21(10-12)17(23)20(2)3/h6-7,9,12H,4-5,8,10H2,1-3H3,(H,18,19,22)/t12-/m0/s1. The van der Waals surface area contributed by atoms with E-state index in [0.717, 1.165) is 23.1 Å². The van der Waals surface area contributed by atoms with Crippen molar-refractivity contribution in [1.29, 1.82) is 0 Å². The highest BCUT2D eigenvalue weighted by molar-refractivity contribution is 7.22. The van der Waals surface area contributed by atoms with E-state index in [0.29, 0.717) is 18.2 Å². The van der Waals surface area contributed by atoms with Gasteiger partial charge in [-0.05, 0) is 37.5 Å². The van der Waals surface area contributed by atoms with Gasteiger partial charge in [-0.1, -0.05) is 17.4 Å². The van der Waals surface area contributed by atoms with Gasteiger partial charge < -0.3 is 15.1 Å². The predicted octanol–water partition coefficient (Wildman–Crippen LogP) is 2.94. The van der Waals surface area contributed by atoms with Gasteiger partial charge >= 0.3 is 6.03 Å². The number of urea groups is 1. The van der Waals surface area contributed by atoms with Gasteiger partial charge in [0.25, 0.3) is 0 Å². The first-order valence-corrected chi connectivity index (χ1v) is 8.90. The van der Waals surface area contributed by atoms with Gasteiger partial charge in [0.05, 0.1) is 16.1 Å². The van der Waals surface area contributed by atoms with Crippen molar-refractivity contribution >= 4 is 38.6 Å². The summed E-state index contributed by atoms with van der Waals surface area (Å²) >= 11 is 1.48. The van der Waals surface area contributed by atoms with Crippen molar-refractivity contribution in [2.75, 3.05) is 32.5 Å². The van der Waals surface area contributed by atoms with E-state index < -0.39 is 0 Å². The van der Waals surface area contributed by atoms with Crippen LogP contribution >= 0.6 is 11.3 Å². The van der Waals surface area contributed by atoms with Gasteiger partial charge in [-0.3, -0.25) is 4.79 Å². The molecule has 0 unspecified atom stereocenters. The molecule has 0 saturated carbocycles. The molecule has 6 nitrogen and oxygen atoms in total. The average Bonchev–Trinajstić information content (AvgIpc) is 2.95. The number of aromatic nitrogens is 1. The molecule has 0 bridgehead atoms. The summed E-state index contributed by atoms with van der Waals surface area (Å²) in [7, 11) is 3.46. The highest BCUT2D eigenvalue weighted by Crippen LogP contribution is 2.28. The number of piperidine rings is 1. The Morgan fingerprint density at radius 2 is 2.17 bits per heavy atom. The fourth-order valence-electron chi connectivity index (χ4n) is 2.94. The van der Waals surface area contributed by atoms with Crippen LogP contribution in [0.25, 0.3) is 10.2 Å². The van der Waals surface area contributed by atoms with Crippen LogP contribution in [0.5, 0.6) is 0 Å². The molecule has 1 aromatic heterocycles. The Balaban J connectivity index is 1.68. The number of nitrogens with one attached hydrogen (secondary N) is 1. The zero-order chi connectivity index (χ0) is 17.3. The molecule has 2 aromatic rings. The number of amides is 3. The first-order chi connectivity index (χ1) is 11.4. The summed E-state index contributed by atoms with van der Waals surface area (Å²) < 4.78 is 1.07. The SMILES string of the molecule is Cc1ccc2nc(NC(=O)[C@H]3CCCN(C(=O)N(C)C)C3)sc2c1. The highest BCUT2D eigenvalue weighted by Gasteiger charge is 2.29. The molecule has 3 rings (SSSR count). The maximum atomic E-state index is 12.6. The number of benzene rings is 1. The van der Waals surface area contributed by atoms with Crippen molar-refractivity contribution in [3.05, 3.63) is 23.8 Å². The Morgan fingerprint density at radius 1 is 1.38 bits per heavy atom. The number of aryl methyl sites for hydroxylation is 1. The average molecular weight is 346 g/mol. The fraction of sp³-hybridized carbons (Fsp3) is 0.471. The first kappa shape index (κ1) is 16.7. The minimum atomic E-state index is -0.184. The molecule has 0 aliphatic carbocycles. The van der Waals surface area contributed by atoms with Gasteiger partial charge in [0.15, 0.2) is 5.13 Å². The van der Waals surface area contributed by atoms with Crippen LogP contribution in [-0.2, 0) is 4.79 Å². The van der Waals surface area contributed by atoms with Gasteiger partial charge in [-0.2, -0.15) is 0 Å².